The fourth-order valence-corrected chi connectivity index (χ4v) is 2.94. The van der Waals surface area contributed by atoms with Crippen molar-refractivity contribution in [2.24, 2.45) is 0 Å². The first-order valence-corrected chi connectivity index (χ1v) is 8.25. The van der Waals surface area contributed by atoms with Crippen molar-refractivity contribution in [1.82, 2.24) is 9.55 Å². The Labute approximate surface area is 143 Å². The van der Waals surface area contributed by atoms with Crippen LogP contribution in [0.4, 0.5) is 0 Å². The molecule has 0 spiro atoms. The maximum absolute atomic E-state index is 12.7. The number of carbonyl (C=O) groups excluding carboxylic acids is 2. The van der Waals surface area contributed by atoms with Crippen molar-refractivity contribution in [2.75, 3.05) is 13.7 Å². The molecule has 0 fully saturated rings. The van der Waals surface area contributed by atoms with Crippen LogP contribution in [-0.4, -0.2) is 40.5 Å². The van der Waals surface area contributed by atoms with E-state index < -0.39 is 17.2 Å². The number of hydrogen-bond acceptors (Lipinski definition) is 7. The van der Waals surface area contributed by atoms with Crippen LogP contribution in [0.5, 0.6) is 0 Å². The Morgan fingerprint density at radius 2 is 2.04 bits per heavy atom. The molecule has 24 heavy (non-hydrogen) atoms. The first-order chi connectivity index (χ1) is 11.5. The van der Waals surface area contributed by atoms with Gasteiger partial charge in [-0.15, -0.1) is 0 Å². The zero-order valence-electron chi connectivity index (χ0n) is 13.6. The first-order valence-electron chi connectivity index (χ1n) is 7.37. The molecule has 0 amide bonds. The highest BCUT2D eigenvalue weighted by Gasteiger charge is 2.21. The Kier molecular flexibility index (Phi) is 5.97. The van der Waals surface area contributed by atoms with Crippen LogP contribution >= 0.6 is 11.8 Å². The van der Waals surface area contributed by atoms with E-state index in [1.165, 1.54) is 11.7 Å². The number of hydrogen-bond donors (Lipinski definition) is 0. The molecule has 0 saturated carbocycles. The Morgan fingerprint density at radius 3 is 2.71 bits per heavy atom. The van der Waals surface area contributed by atoms with Gasteiger partial charge < -0.3 is 9.47 Å². The molecule has 1 heterocycles. The first kappa shape index (κ1) is 18.0. The largest absolute Gasteiger partial charge is 0.468 e. The van der Waals surface area contributed by atoms with E-state index in [1.54, 1.807) is 38.1 Å². The third-order valence-corrected chi connectivity index (χ3v) is 4.31. The van der Waals surface area contributed by atoms with Gasteiger partial charge >= 0.3 is 11.9 Å². The average molecular weight is 350 g/mol. The highest BCUT2D eigenvalue weighted by Crippen LogP contribution is 2.23. The van der Waals surface area contributed by atoms with Crippen LogP contribution in [0, 0.1) is 0 Å². The van der Waals surface area contributed by atoms with Crippen LogP contribution in [0.2, 0.25) is 0 Å². The molecule has 0 aliphatic heterocycles. The van der Waals surface area contributed by atoms with Gasteiger partial charge in [0.1, 0.15) is 11.8 Å². The monoisotopic (exact) mass is 350 g/mol. The summed E-state index contributed by atoms with van der Waals surface area (Å²) < 4.78 is 10.8. The Balaban J connectivity index is 2.49. The lowest BCUT2D eigenvalue weighted by molar-refractivity contribution is -0.142. The molecule has 0 bridgehead atoms. The van der Waals surface area contributed by atoms with Crippen molar-refractivity contribution in [3.05, 3.63) is 34.6 Å². The lowest BCUT2D eigenvalue weighted by Gasteiger charge is -2.15. The highest BCUT2D eigenvalue weighted by atomic mass is 32.2. The molecule has 7 nitrogen and oxygen atoms in total. The summed E-state index contributed by atoms with van der Waals surface area (Å²) >= 11 is 1.07. The smallest absolute Gasteiger partial charge is 0.325 e. The molecule has 1 atom stereocenters. The van der Waals surface area contributed by atoms with E-state index in [0.717, 1.165) is 11.8 Å². The zero-order valence-corrected chi connectivity index (χ0v) is 14.5. The molecule has 0 saturated heterocycles. The minimum Gasteiger partial charge on any atom is -0.468 e. The summed E-state index contributed by atoms with van der Waals surface area (Å²) in [5.74, 6) is -0.977. The molecule has 0 N–H and O–H groups in total. The molecule has 2 aromatic rings. The number of ether oxygens (including phenoxy) is 2. The Bertz CT molecular complexity index is 818. The Hall–Kier alpha value is -2.35. The van der Waals surface area contributed by atoms with E-state index in [1.807, 2.05) is 0 Å². The molecular formula is C16H18N2O5S. The molecule has 8 heteroatoms. The van der Waals surface area contributed by atoms with Gasteiger partial charge in [-0.2, -0.15) is 0 Å². The van der Waals surface area contributed by atoms with Gasteiger partial charge in [0.2, 0.25) is 0 Å². The van der Waals surface area contributed by atoms with Gasteiger partial charge in [0, 0.05) is 0 Å². The van der Waals surface area contributed by atoms with Crippen LogP contribution in [0.15, 0.2) is 34.2 Å². The van der Waals surface area contributed by atoms with Gasteiger partial charge in [-0.3, -0.25) is 19.0 Å². The summed E-state index contributed by atoms with van der Waals surface area (Å²) in [6, 6.07) is 6.84. The van der Waals surface area contributed by atoms with E-state index in [4.69, 9.17) is 4.74 Å². The summed E-state index contributed by atoms with van der Waals surface area (Å²) in [6.07, 6.45) is 0. The summed E-state index contributed by atoms with van der Waals surface area (Å²) in [7, 11) is 1.25. The fourth-order valence-electron chi connectivity index (χ4n) is 2.04. The van der Waals surface area contributed by atoms with E-state index >= 15 is 0 Å². The maximum Gasteiger partial charge on any atom is 0.325 e. The molecule has 2 rings (SSSR count). The lowest BCUT2D eigenvalue weighted by Crippen LogP contribution is -2.28. The second-order valence-electron chi connectivity index (χ2n) is 4.89. The van der Waals surface area contributed by atoms with Gasteiger partial charge in [-0.25, -0.2) is 4.98 Å². The topological polar surface area (TPSA) is 87.5 Å². The molecule has 0 aliphatic rings. The van der Waals surface area contributed by atoms with Crippen molar-refractivity contribution >= 4 is 34.6 Å². The fraction of sp³-hybridized carbons (Fsp3) is 0.375. The van der Waals surface area contributed by atoms with Crippen molar-refractivity contribution < 1.29 is 19.1 Å². The predicted molar refractivity (Wildman–Crippen MR) is 90.0 cm³/mol. The number of rotatable bonds is 6. The zero-order chi connectivity index (χ0) is 17.7. The minimum absolute atomic E-state index is 0.268. The normalized spacial score (nSPS) is 12.0. The van der Waals surface area contributed by atoms with Gasteiger partial charge in [0.25, 0.3) is 5.56 Å². The van der Waals surface area contributed by atoms with Crippen molar-refractivity contribution in [3.63, 3.8) is 0 Å². The van der Waals surface area contributed by atoms with Crippen LogP contribution < -0.4 is 5.56 Å². The van der Waals surface area contributed by atoms with E-state index in [9.17, 15) is 14.4 Å². The molecule has 1 aromatic carbocycles. The third-order valence-electron chi connectivity index (χ3n) is 3.24. The molecule has 0 radical (unpaired) electrons. The second-order valence-corrected chi connectivity index (χ2v) is 6.20. The second kappa shape index (κ2) is 7.96. The number of methoxy groups -OCH3 is 1. The number of esters is 2. The standard InChI is InChI=1S/C16H18N2O5S/c1-4-23-15(21)10(2)24-16-17-12-8-6-5-7-11(12)14(20)18(16)9-13(19)22-3/h5-8,10H,4,9H2,1-3H3/t10-/m0/s1. The van der Waals surface area contributed by atoms with Gasteiger partial charge in [-0.1, -0.05) is 23.9 Å². The van der Waals surface area contributed by atoms with Crippen molar-refractivity contribution in [1.29, 1.82) is 0 Å². The summed E-state index contributed by atoms with van der Waals surface area (Å²) in [5.41, 5.74) is 0.145. The van der Waals surface area contributed by atoms with E-state index in [2.05, 4.69) is 9.72 Å². The number of para-hydroxylation sites is 1. The lowest BCUT2D eigenvalue weighted by atomic mass is 10.2. The van der Waals surface area contributed by atoms with Crippen LogP contribution in [0.3, 0.4) is 0 Å². The predicted octanol–water partition coefficient (Wildman–Crippen LogP) is 1.61. The minimum atomic E-state index is -0.570. The number of thioether (sulfide) groups is 1. The molecule has 128 valence electrons. The maximum atomic E-state index is 12.7. The van der Waals surface area contributed by atoms with E-state index in [0.29, 0.717) is 10.9 Å². The summed E-state index contributed by atoms with van der Waals surface area (Å²) in [5, 5.41) is 0.0982. The summed E-state index contributed by atoms with van der Waals surface area (Å²) in [4.78, 5) is 40.5. The van der Waals surface area contributed by atoms with Crippen molar-refractivity contribution in [3.8, 4) is 0 Å². The quantitative estimate of drug-likeness (QED) is 0.444. The molecule has 0 unspecified atom stereocenters. The number of aromatic nitrogens is 2. The van der Waals surface area contributed by atoms with Crippen LogP contribution in [-0.2, 0) is 25.6 Å². The van der Waals surface area contributed by atoms with Gasteiger partial charge in [0.15, 0.2) is 5.16 Å². The van der Waals surface area contributed by atoms with E-state index in [-0.39, 0.29) is 23.9 Å². The van der Waals surface area contributed by atoms with Gasteiger partial charge in [0.05, 0.1) is 24.6 Å². The number of nitrogens with zero attached hydrogens (tertiary/aromatic N) is 2. The SMILES string of the molecule is CCOC(=O)[C@H](C)Sc1nc2ccccc2c(=O)n1CC(=O)OC. The molecule has 0 aliphatic carbocycles. The Morgan fingerprint density at radius 1 is 1.33 bits per heavy atom. The number of carbonyl (C=O) groups is 2. The van der Waals surface area contributed by atoms with Crippen molar-refractivity contribution in [2.45, 2.75) is 30.8 Å². The molecule has 1 aromatic heterocycles. The third kappa shape index (κ3) is 3.94. The highest BCUT2D eigenvalue weighted by molar-refractivity contribution is 8.00. The van der Waals surface area contributed by atoms with Crippen LogP contribution in [0.1, 0.15) is 13.8 Å². The van der Waals surface area contributed by atoms with Crippen LogP contribution in [0.25, 0.3) is 10.9 Å². The molecular weight excluding hydrogens is 332 g/mol. The summed E-state index contributed by atoms with van der Waals surface area (Å²) in [6.45, 7) is 3.37. The van der Waals surface area contributed by atoms with Gasteiger partial charge in [-0.05, 0) is 26.0 Å². The number of benzene rings is 1. The average Bonchev–Trinajstić information content (AvgIpc) is 2.58. The number of fused-ring (bicyclic) bond motifs is 1.